The van der Waals surface area contributed by atoms with Crippen LogP contribution in [-0.2, 0) is 12.8 Å². The Labute approximate surface area is 141 Å². The third-order valence-electron chi connectivity index (χ3n) is 4.37. The van der Waals surface area contributed by atoms with Gasteiger partial charge in [0.05, 0.1) is 12.0 Å². The van der Waals surface area contributed by atoms with Gasteiger partial charge in [-0.2, -0.15) is 0 Å². The SMILES string of the molecule is c1ccc(C(Nc2ncnc3c2CCNCC3)c2ccco2)cc1. The van der Waals surface area contributed by atoms with Gasteiger partial charge in [0, 0.05) is 18.5 Å². The van der Waals surface area contributed by atoms with Gasteiger partial charge >= 0.3 is 0 Å². The topological polar surface area (TPSA) is 63.0 Å². The molecule has 0 fully saturated rings. The van der Waals surface area contributed by atoms with Gasteiger partial charge in [-0.25, -0.2) is 9.97 Å². The number of hydrogen-bond donors (Lipinski definition) is 2. The summed E-state index contributed by atoms with van der Waals surface area (Å²) in [6.45, 7) is 1.91. The fourth-order valence-electron chi connectivity index (χ4n) is 3.15. The average molecular weight is 320 g/mol. The van der Waals surface area contributed by atoms with Crippen molar-refractivity contribution in [1.82, 2.24) is 15.3 Å². The Bertz CT molecular complexity index is 786. The van der Waals surface area contributed by atoms with Gasteiger partial charge in [-0.15, -0.1) is 0 Å². The van der Waals surface area contributed by atoms with Crippen molar-refractivity contribution in [2.24, 2.45) is 0 Å². The molecular weight excluding hydrogens is 300 g/mol. The number of aromatic nitrogens is 2. The molecule has 5 nitrogen and oxygen atoms in total. The summed E-state index contributed by atoms with van der Waals surface area (Å²) in [6, 6.07) is 14.1. The summed E-state index contributed by atoms with van der Waals surface area (Å²) in [6.07, 6.45) is 5.22. The Balaban J connectivity index is 1.71. The Kier molecular flexibility index (Phi) is 4.25. The maximum absolute atomic E-state index is 5.67. The molecule has 2 aromatic heterocycles. The second-order valence-corrected chi connectivity index (χ2v) is 5.90. The molecule has 0 bridgehead atoms. The summed E-state index contributed by atoms with van der Waals surface area (Å²) < 4.78 is 5.67. The lowest BCUT2D eigenvalue weighted by Crippen LogP contribution is -2.17. The maximum atomic E-state index is 5.67. The van der Waals surface area contributed by atoms with Crippen LogP contribution in [0.4, 0.5) is 5.82 Å². The second kappa shape index (κ2) is 6.84. The van der Waals surface area contributed by atoms with E-state index in [1.807, 2.05) is 30.3 Å². The molecule has 1 aliphatic heterocycles. The van der Waals surface area contributed by atoms with Crippen LogP contribution >= 0.6 is 0 Å². The lowest BCUT2D eigenvalue weighted by molar-refractivity contribution is 0.498. The first-order valence-electron chi connectivity index (χ1n) is 8.30. The lowest BCUT2D eigenvalue weighted by atomic mass is 10.0. The van der Waals surface area contributed by atoms with Crippen LogP contribution in [0.25, 0.3) is 0 Å². The predicted molar refractivity (Wildman–Crippen MR) is 92.9 cm³/mol. The van der Waals surface area contributed by atoms with Gasteiger partial charge in [-0.05, 0) is 30.7 Å². The molecule has 1 aromatic carbocycles. The van der Waals surface area contributed by atoms with Crippen LogP contribution < -0.4 is 10.6 Å². The molecule has 4 rings (SSSR count). The Morgan fingerprint density at radius 1 is 1.00 bits per heavy atom. The maximum Gasteiger partial charge on any atom is 0.133 e. The molecule has 0 radical (unpaired) electrons. The van der Waals surface area contributed by atoms with E-state index in [1.165, 1.54) is 5.56 Å². The summed E-state index contributed by atoms with van der Waals surface area (Å²) in [7, 11) is 0. The number of nitrogens with zero attached hydrogens (tertiary/aromatic N) is 2. The highest BCUT2D eigenvalue weighted by Gasteiger charge is 2.21. The zero-order valence-corrected chi connectivity index (χ0v) is 13.4. The molecule has 3 heterocycles. The van der Waals surface area contributed by atoms with Gasteiger partial charge < -0.3 is 15.1 Å². The normalized spacial score (nSPS) is 15.3. The van der Waals surface area contributed by atoms with Crippen molar-refractivity contribution >= 4 is 5.82 Å². The molecule has 1 unspecified atom stereocenters. The first-order chi connectivity index (χ1) is 11.9. The Hall–Kier alpha value is -2.66. The molecule has 0 saturated heterocycles. The van der Waals surface area contributed by atoms with Crippen molar-refractivity contribution in [3.63, 3.8) is 0 Å². The average Bonchev–Trinajstić information content (AvgIpc) is 3.05. The number of anilines is 1. The van der Waals surface area contributed by atoms with E-state index in [0.717, 1.165) is 48.8 Å². The van der Waals surface area contributed by atoms with E-state index in [4.69, 9.17) is 4.42 Å². The fourth-order valence-corrected chi connectivity index (χ4v) is 3.15. The first kappa shape index (κ1) is 14.9. The fraction of sp³-hybridized carbons (Fsp3) is 0.263. The van der Waals surface area contributed by atoms with E-state index >= 15 is 0 Å². The highest BCUT2D eigenvalue weighted by molar-refractivity contribution is 5.50. The zero-order chi connectivity index (χ0) is 16.2. The van der Waals surface area contributed by atoms with Gasteiger partial charge in [-0.3, -0.25) is 0 Å². The van der Waals surface area contributed by atoms with Crippen molar-refractivity contribution in [1.29, 1.82) is 0 Å². The van der Waals surface area contributed by atoms with Gasteiger partial charge in [0.1, 0.15) is 23.9 Å². The van der Waals surface area contributed by atoms with E-state index < -0.39 is 0 Å². The molecule has 2 N–H and O–H groups in total. The third kappa shape index (κ3) is 3.03. The molecule has 3 aromatic rings. The van der Waals surface area contributed by atoms with Crippen LogP contribution in [0.5, 0.6) is 0 Å². The standard InChI is InChI=1S/C19H20N4O/c1-2-5-14(6-3-1)18(17-7-4-12-24-17)23-19-15-8-10-20-11-9-16(15)21-13-22-19/h1-7,12-13,18,20H,8-11H2,(H,21,22,23). The van der Waals surface area contributed by atoms with Crippen LogP contribution in [0.15, 0.2) is 59.5 Å². The van der Waals surface area contributed by atoms with E-state index in [-0.39, 0.29) is 6.04 Å². The molecule has 122 valence electrons. The van der Waals surface area contributed by atoms with Crippen molar-refractivity contribution < 1.29 is 4.42 Å². The summed E-state index contributed by atoms with van der Waals surface area (Å²) in [5.41, 5.74) is 3.48. The monoisotopic (exact) mass is 320 g/mol. The summed E-state index contributed by atoms with van der Waals surface area (Å²) in [4.78, 5) is 8.99. The van der Waals surface area contributed by atoms with Crippen molar-refractivity contribution in [2.45, 2.75) is 18.9 Å². The number of rotatable bonds is 4. The van der Waals surface area contributed by atoms with Crippen molar-refractivity contribution in [3.8, 4) is 0 Å². The molecule has 1 aliphatic rings. The van der Waals surface area contributed by atoms with E-state index in [9.17, 15) is 0 Å². The molecule has 1 atom stereocenters. The molecule has 0 aliphatic carbocycles. The number of fused-ring (bicyclic) bond motifs is 1. The molecule has 0 spiro atoms. The van der Waals surface area contributed by atoms with Crippen LogP contribution in [0.1, 0.15) is 28.6 Å². The summed E-state index contributed by atoms with van der Waals surface area (Å²) >= 11 is 0. The quantitative estimate of drug-likeness (QED) is 0.774. The number of hydrogen-bond acceptors (Lipinski definition) is 5. The zero-order valence-electron chi connectivity index (χ0n) is 13.4. The number of furan rings is 1. The predicted octanol–water partition coefficient (Wildman–Crippen LogP) is 2.96. The highest BCUT2D eigenvalue weighted by Crippen LogP contribution is 2.28. The van der Waals surface area contributed by atoms with Crippen molar-refractivity contribution in [3.05, 3.63) is 77.6 Å². The summed E-state index contributed by atoms with van der Waals surface area (Å²) in [5, 5.41) is 7.00. The second-order valence-electron chi connectivity index (χ2n) is 5.90. The van der Waals surface area contributed by atoms with E-state index in [2.05, 4.69) is 32.7 Å². The van der Waals surface area contributed by atoms with Gasteiger partial charge in [0.15, 0.2) is 0 Å². The van der Waals surface area contributed by atoms with Crippen LogP contribution in [-0.4, -0.2) is 23.1 Å². The minimum atomic E-state index is -0.0728. The molecule has 0 amide bonds. The highest BCUT2D eigenvalue weighted by atomic mass is 16.3. The van der Waals surface area contributed by atoms with Crippen LogP contribution in [0.2, 0.25) is 0 Å². The van der Waals surface area contributed by atoms with Crippen molar-refractivity contribution in [2.75, 3.05) is 18.4 Å². The minimum absolute atomic E-state index is 0.0728. The van der Waals surface area contributed by atoms with E-state index in [0.29, 0.717) is 0 Å². The minimum Gasteiger partial charge on any atom is -0.467 e. The van der Waals surface area contributed by atoms with Gasteiger partial charge in [0.25, 0.3) is 0 Å². The largest absolute Gasteiger partial charge is 0.467 e. The first-order valence-corrected chi connectivity index (χ1v) is 8.30. The van der Waals surface area contributed by atoms with E-state index in [1.54, 1.807) is 12.6 Å². The molecule has 0 saturated carbocycles. The molecule has 24 heavy (non-hydrogen) atoms. The van der Waals surface area contributed by atoms with Gasteiger partial charge in [-0.1, -0.05) is 30.3 Å². The number of benzene rings is 1. The molecular formula is C19H20N4O. The smallest absolute Gasteiger partial charge is 0.133 e. The number of nitrogens with one attached hydrogen (secondary N) is 2. The molecule has 5 heteroatoms. The van der Waals surface area contributed by atoms with Crippen LogP contribution in [0, 0.1) is 0 Å². The Morgan fingerprint density at radius 2 is 1.88 bits per heavy atom. The Morgan fingerprint density at radius 3 is 2.71 bits per heavy atom. The summed E-state index contributed by atoms with van der Waals surface area (Å²) in [5.74, 6) is 1.77. The van der Waals surface area contributed by atoms with Crippen LogP contribution in [0.3, 0.4) is 0 Å². The van der Waals surface area contributed by atoms with Gasteiger partial charge in [0.2, 0.25) is 0 Å². The third-order valence-corrected chi connectivity index (χ3v) is 4.37. The lowest BCUT2D eigenvalue weighted by Gasteiger charge is -2.20.